The highest BCUT2D eigenvalue weighted by Crippen LogP contribution is 2.37. The number of rotatable bonds is 2. The van der Waals surface area contributed by atoms with Crippen molar-refractivity contribution in [2.75, 3.05) is 38.2 Å². The lowest BCUT2D eigenvalue weighted by atomic mass is 10.1. The van der Waals surface area contributed by atoms with Gasteiger partial charge in [0.25, 0.3) is 11.8 Å². The summed E-state index contributed by atoms with van der Waals surface area (Å²) in [6.07, 6.45) is 1.75. The van der Waals surface area contributed by atoms with Crippen molar-refractivity contribution >= 4 is 23.3 Å². The summed E-state index contributed by atoms with van der Waals surface area (Å²) in [5.74, 6) is 0.993. The number of amides is 2. The van der Waals surface area contributed by atoms with Crippen LogP contribution in [0.1, 0.15) is 39.1 Å². The number of anilines is 2. The highest BCUT2D eigenvalue weighted by Gasteiger charge is 2.29. The van der Waals surface area contributed by atoms with Crippen LogP contribution < -0.4 is 9.64 Å². The Hall–Kier alpha value is -3.16. The number of alkyl halides is 1. The number of ether oxygens (including phenoxy) is 1. The summed E-state index contributed by atoms with van der Waals surface area (Å²) in [5, 5.41) is 0. The molecule has 7 nitrogen and oxygen atoms in total. The van der Waals surface area contributed by atoms with E-state index < -0.39 is 6.17 Å². The number of likely N-dealkylation sites (tertiary alicyclic amines) is 1. The van der Waals surface area contributed by atoms with E-state index in [1.54, 1.807) is 22.9 Å². The van der Waals surface area contributed by atoms with Crippen LogP contribution in [0.5, 0.6) is 5.75 Å². The second kappa shape index (κ2) is 7.27. The molecule has 0 saturated carbocycles. The maximum atomic E-state index is 13.7. The average Bonchev–Trinajstić information content (AvgIpc) is 3.05. The van der Waals surface area contributed by atoms with Crippen molar-refractivity contribution < 1.29 is 18.7 Å². The third-order valence-electron chi connectivity index (χ3n) is 5.94. The summed E-state index contributed by atoms with van der Waals surface area (Å²) in [5.41, 5.74) is 3.07. The molecule has 1 fully saturated rings. The summed E-state index contributed by atoms with van der Waals surface area (Å²) in [7, 11) is 1.79. The van der Waals surface area contributed by atoms with E-state index in [0.29, 0.717) is 56.2 Å². The normalized spacial score (nSPS) is 20.7. The molecule has 3 aliphatic rings. The molecular formula is C22H23FN4O3. The quantitative estimate of drug-likeness (QED) is 0.762. The van der Waals surface area contributed by atoms with Gasteiger partial charge in [0.2, 0.25) is 0 Å². The van der Waals surface area contributed by atoms with Crippen molar-refractivity contribution in [1.29, 1.82) is 0 Å². The summed E-state index contributed by atoms with van der Waals surface area (Å²) >= 11 is 0. The minimum absolute atomic E-state index is 0.0356. The van der Waals surface area contributed by atoms with Crippen LogP contribution in [0, 0.1) is 0 Å². The number of hydrogen-bond acceptors (Lipinski definition) is 5. The number of aromatic nitrogens is 1. The first kappa shape index (κ1) is 18.8. The van der Waals surface area contributed by atoms with Gasteiger partial charge in [-0.1, -0.05) is 0 Å². The molecule has 156 valence electrons. The molecule has 30 heavy (non-hydrogen) atoms. The lowest BCUT2D eigenvalue weighted by Crippen LogP contribution is -2.40. The van der Waals surface area contributed by atoms with E-state index in [1.165, 1.54) is 6.20 Å². The van der Waals surface area contributed by atoms with Crippen molar-refractivity contribution in [3.05, 3.63) is 47.2 Å². The molecule has 4 heterocycles. The fraction of sp³-hybridized carbons (Fsp3) is 0.409. The van der Waals surface area contributed by atoms with Gasteiger partial charge in [-0.25, -0.2) is 9.37 Å². The summed E-state index contributed by atoms with van der Waals surface area (Å²) < 4.78 is 19.5. The van der Waals surface area contributed by atoms with Crippen molar-refractivity contribution in [2.45, 2.75) is 25.6 Å². The molecule has 1 aromatic carbocycles. The Morgan fingerprint density at radius 3 is 2.97 bits per heavy atom. The molecular weight excluding hydrogens is 387 g/mol. The molecule has 0 spiro atoms. The molecule has 0 N–H and O–H groups in total. The average molecular weight is 410 g/mol. The maximum Gasteiger partial charge on any atom is 0.255 e. The summed E-state index contributed by atoms with van der Waals surface area (Å²) in [6, 6.07) is 7.49. The number of halogens is 1. The predicted octanol–water partition coefficient (Wildman–Crippen LogP) is 2.77. The smallest absolute Gasteiger partial charge is 0.255 e. The molecule has 0 aliphatic carbocycles. The zero-order chi connectivity index (χ0) is 20.8. The van der Waals surface area contributed by atoms with Crippen LogP contribution in [0.2, 0.25) is 0 Å². The number of benzene rings is 1. The SMILES string of the molecule is CN1Cc2cc(N3CCOc4cc(C(=O)N5CCC[C@H](F)C5)cnc43)ccc2C1=O. The van der Waals surface area contributed by atoms with Crippen molar-refractivity contribution in [2.24, 2.45) is 0 Å². The molecule has 2 aromatic rings. The fourth-order valence-corrected chi connectivity index (χ4v) is 4.38. The highest BCUT2D eigenvalue weighted by atomic mass is 19.1. The highest BCUT2D eigenvalue weighted by molar-refractivity contribution is 5.99. The zero-order valence-corrected chi connectivity index (χ0v) is 16.8. The summed E-state index contributed by atoms with van der Waals surface area (Å²) in [6.45, 7) is 2.35. The van der Waals surface area contributed by atoms with Gasteiger partial charge in [-0.15, -0.1) is 0 Å². The number of pyridine rings is 1. The summed E-state index contributed by atoms with van der Waals surface area (Å²) in [4.78, 5) is 34.7. The van der Waals surface area contributed by atoms with Crippen LogP contribution >= 0.6 is 0 Å². The Morgan fingerprint density at radius 1 is 1.27 bits per heavy atom. The first-order valence-electron chi connectivity index (χ1n) is 10.2. The first-order valence-corrected chi connectivity index (χ1v) is 10.2. The number of carbonyl (C=O) groups excluding carboxylic acids is 2. The van der Waals surface area contributed by atoms with Crippen LogP contribution in [0.25, 0.3) is 0 Å². The van der Waals surface area contributed by atoms with Gasteiger partial charge in [-0.05, 0) is 42.7 Å². The van der Waals surface area contributed by atoms with E-state index in [0.717, 1.165) is 16.8 Å². The van der Waals surface area contributed by atoms with Gasteiger partial charge >= 0.3 is 0 Å². The van der Waals surface area contributed by atoms with E-state index in [1.807, 2.05) is 23.1 Å². The van der Waals surface area contributed by atoms with E-state index in [-0.39, 0.29) is 18.4 Å². The Balaban J connectivity index is 1.42. The van der Waals surface area contributed by atoms with Crippen molar-refractivity contribution in [1.82, 2.24) is 14.8 Å². The zero-order valence-electron chi connectivity index (χ0n) is 16.8. The van der Waals surface area contributed by atoms with Gasteiger partial charge in [0.05, 0.1) is 18.7 Å². The Morgan fingerprint density at radius 2 is 2.13 bits per heavy atom. The van der Waals surface area contributed by atoms with Crippen molar-refractivity contribution in [3.63, 3.8) is 0 Å². The molecule has 0 unspecified atom stereocenters. The first-order chi connectivity index (χ1) is 14.5. The molecule has 1 saturated heterocycles. The Bertz CT molecular complexity index is 1030. The largest absolute Gasteiger partial charge is 0.488 e. The number of hydrogen-bond donors (Lipinski definition) is 0. The Kier molecular flexibility index (Phi) is 4.56. The molecule has 1 atom stereocenters. The molecule has 1 aromatic heterocycles. The Labute approximate surface area is 174 Å². The van der Waals surface area contributed by atoms with Gasteiger partial charge < -0.3 is 19.4 Å². The van der Waals surface area contributed by atoms with Crippen LogP contribution in [0.3, 0.4) is 0 Å². The lowest BCUT2D eigenvalue weighted by molar-refractivity contribution is 0.0635. The van der Waals surface area contributed by atoms with Gasteiger partial charge in [-0.2, -0.15) is 0 Å². The second-order valence-corrected chi connectivity index (χ2v) is 8.04. The number of nitrogens with zero attached hydrogens (tertiary/aromatic N) is 4. The van der Waals surface area contributed by atoms with Crippen LogP contribution in [-0.2, 0) is 6.54 Å². The number of carbonyl (C=O) groups is 2. The molecule has 8 heteroatoms. The topological polar surface area (TPSA) is 66.0 Å². The molecule has 2 amide bonds. The third kappa shape index (κ3) is 3.16. The minimum Gasteiger partial charge on any atom is -0.488 e. The van der Waals surface area contributed by atoms with Gasteiger partial charge in [0.1, 0.15) is 12.8 Å². The fourth-order valence-electron chi connectivity index (χ4n) is 4.38. The van der Waals surface area contributed by atoms with Crippen LogP contribution in [-0.4, -0.2) is 66.1 Å². The van der Waals surface area contributed by atoms with E-state index in [4.69, 9.17) is 4.74 Å². The van der Waals surface area contributed by atoms with Gasteiger partial charge in [-0.3, -0.25) is 9.59 Å². The predicted molar refractivity (Wildman–Crippen MR) is 109 cm³/mol. The molecule has 0 radical (unpaired) electrons. The van der Waals surface area contributed by atoms with Gasteiger partial charge in [0, 0.05) is 37.6 Å². The number of fused-ring (bicyclic) bond motifs is 2. The number of piperidine rings is 1. The maximum absolute atomic E-state index is 13.7. The van der Waals surface area contributed by atoms with E-state index >= 15 is 0 Å². The van der Waals surface area contributed by atoms with Crippen molar-refractivity contribution in [3.8, 4) is 5.75 Å². The second-order valence-electron chi connectivity index (χ2n) is 8.04. The standard InChI is InChI=1S/C22H23FN4O3/c1-25-12-15-9-17(4-5-18(15)22(25)29)27-7-8-30-19-10-14(11-24-20(19)27)21(28)26-6-2-3-16(23)13-26/h4-5,9-11,16H,2-3,6-8,12-13H2,1H3/t16-/m0/s1. The lowest BCUT2D eigenvalue weighted by Gasteiger charge is -2.32. The third-order valence-corrected chi connectivity index (χ3v) is 5.94. The van der Waals surface area contributed by atoms with E-state index in [9.17, 15) is 14.0 Å². The molecule has 0 bridgehead atoms. The van der Waals surface area contributed by atoms with Crippen LogP contribution in [0.4, 0.5) is 15.9 Å². The molecule has 3 aliphatic heterocycles. The van der Waals surface area contributed by atoms with Gasteiger partial charge in [0.15, 0.2) is 11.6 Å². The monoisotopic (exact) mass is 410 g/mol. The minimum atomic E-state index is -0.967. The molecule has 5 rings (SSSR count). The van der Waals surface area contributed by atoms with E-state index in [2.05, 4.69) is 4.98 Å². The van der Waals surface area contributed by atoms with Crippen LogP contribution in [0.15, 0.2) is 30.5 Å².